The number of benzene rings is 2. The third kappa shape index (κ3) is 2.85. The highest BCUT2D eigenvalue weighted by Gasteiger charge is 2.08. The van der Waals surface area contributed by atoms with Gasteiger partial charge in [0.1, 0.15) is 0 Å². The highest BCUT2D eigenvalue weighted by atomic mass is 35.5. The molecule has 2 aromatic rings. The van der Waals surface area contributed by atoms with Crippen molar-refractivity contribution in [2.24, 2.45) is 0 Å². The van der Waals surface area contributed by atoms with Crippen LogP contribution in [0.3, 0.4) is 0 Å². The third-order valence-electron chi connectivity index (χ3n) is 2.68. The smallest absolute Gasteiger partial charge is 0.200 e. The molecule has 4 nitrogen and oxygen atoms in total. The van der Waals surface area contributed by atoms with Crippen LogP contribution >= 0.6 is 11.6 Å². The Kier molecular flexibility index (Phi) is 3.83. The first-order chi connectivity index (χ1) is 9.51. The molecule has 3 N–H and O–H groups in total. The standard InChI is InChI=1S/C15H10ClNO3/c16-12-3-1-10(2-4-12)11(8-17)5-9-6-13(18)15(20)14(19)7-9/h1-7,18-20H/b11-5+. The lowest BCUT2D eigenvalue weighted by atomic mass is 10.0. The second kappa shape index (κ2) is 5.55. The van der Waals surface area contributed by atoms with Gasteiger partial charge in [-0.1, -0.05) is 23.7 Å². The van der Waals surface area contributed by atoms with E-state index in [0.717, 1.165) is 0 Å². The Labute approximate surface area is 120 Å². The zero-order valence-corrected chi connectivity index (χ0v) is 11.0. The van der Waals surface area contributed by atoms with Crippen molar-refractivity contribution >= 4 is 23.3 Å². The largest absolute Gasteiger partial charge is 0.504 e. The van der Waals surface area contributed by atoms with Gasteiger partial charge in [0, 0.05) is 5.02 Å². The lowest BCUT2D eigenvalue weighted by molar-refractivity contribution is 0.368. The molecule has 5 heteroatoms. The fourth-order valence-electron chi connectivity index (χ4n) is 1.68. The molecule has 0 atom stereocenters. The van der Waals surface area contributed by atoms with E-state index in [-0.39, 0.29) is 0 Å². The van der Waals surface area contributed by atoms with Gasteiger partial charge in [0.25, 0.3) is 0 Å². The number of phenols is 3. The summed E-state index contributed by atoms with van der Waals surface area (Å²) in [5.41, 5.74) is 1.39. The van der Waals surface area contributed by atoms with E-state index in [4.69, 9.17) is 11.6 Å². The molecule has 20 heavy (non-hydrogen) atoms. The average Bonchev–Trinajstić information content (AvgIpc) is 2.43. The molecule has 2 aromatic carbocycles. The van der Waals surface area contributed by atoms with Gasteiger partial charge in [0.2, 0.25) is 0 Å². The third-order valence-corrected chi connectivity index (χ3v) is 2.93. The summed E-state index contributed by atoms with van der Waals surface area (Å²) in [6.07, 6.45) is 1.49. The summed E-state index contributed by atoms with van der Waals surface area (Å²) in [7, 11) is 0. The Morgan fingerprint density at radius 3 is 2.10 bits per heavy atom. The molecule has 0 spiro atoms. The van der Waals surface area contributed by atoms with Gasteiger partial charge in [0.05, 0.1) is 11.6 Å². The van der Waals surface area contributed by atoms with Crippen LogP contribution in [0, 0.1) is 11.3 Å². The van der Waals surface area contributed by atoms with E-state index in [0.29, 0.717) is 21.7 Å². The summed E-state index contributed by atoms with van der Waals surface area (Å²) in [5, 5.41) is 37.9. The summed E-state index contributed by atoms with van der Waals surface area (Å²) >= 11 is 5.78. The highest BCUT2D eigenvalue weighted by Crippen LogP contribution is 2.36. The van der Waals surface area contributed by atoms with Crippen molar-refractivity contribution in [1.29, 1.82) is 5.26 Å². The maximum absolute atomic E-state index is 9.43. The van der Waals surface area contributed by atoms with E-state index in [1.165, 1.54) is 18.2 Å². The molecule has 0 unspecified atom stereocenters. The fraction of sp³-hybridized carbons (Fsp3) is 0. The second-order valence-electron chi connectivity index (χ2n) is 4.08. The predicted molar refractivity (Wildman–Crippen MR) is 76.4 cm³/mol. The first-order valence-electron chi connectivity index (χ1n) is 5.64. The number of hydrogen-bond acceptors (Lipinski definition) is 4. The van der Waals surface area contributed by atoms with E-state index in [2.05, 4.69) is 0 Å². The molecule has 0 aliphatic heterocycles. The van der Waals surface area contributed by atoms with Crippen LogP contribution in [0.5, 0.6) is 17.2 Å². The number of hydrogen-bond donors (Lipinski definition) is 3. The van der Waals surface area contributed by atoms with E-state index < -0.39 is 17.2 Å². The normalized spacial score (nSPS) is 11.1. The zero-order valence-electron chi connectivity index (χ0n) is 10.2. The molecule has 0 aromatic heterocycles. The molecular formula is C15H10ClNO3. The number of allylic oxidation sites excluding steroid dienone is 1. The monoisotopic (exact) mass is 287 g/mol. The highest BCUT2D eigenvalue weighted by molar-refractivity contribution is 6.30. The molecular weight excluding hydrogens is 278 g/mol. The molecule has 0 bridgehead atoms. The van der Waals surface area contributed by atoms with Gasteiger partial charge in [-0.15, -0.1) is 0 Å². The SMILES string of the molecule is N#C/C(=C\c1cc(O)c(O)c(O)c1)c1ccc(Cl)cc1. The molecule has 0 aliphatic rings. The van der Waals surface area contributed by atoms with Crippen molar-refractivity contribution in [3.63, 3.8) is 0 Å². The Morgan fingerprint density at radius 1 is 1.05 bits per heavy atom. The molecule has 100 valence electrons. The summed E-state index contributed by atoms with van der Waals surface area (Å²) in [4.78, 5) is 0. The van der Waals surface area contributed by atoms with Crippen LogP contribution < -0.4 is 0 Å². The predicted octanol–water partition coefficient (Wildman–Crippen LogP) is 3.52. The minimum absolute atomic E-state index is 0.339. The van der Waals surface area contributed by atoms with E-state index >= 15 is 0 Å². The van der Waals surface area contributed by atoms with Gasteiger partial charge in [-0.2, -0.15) is 5.26 Å². The van der Waals surface area contributed by atoms with Crippen LogP contribution in [0.4, 0.5) is 0 Å². The van der Waals surface area contributed by atoms with Gasteiger partial charge >= 0.3 is 0 Å². The minimum atomic E-state index is -0.591. The zero-order chi connectivity index (χ0) is 14.7. The van der Waals surface area contributed by atoms with Gasteiger partial charge in [-0.25, -0.2) is 0 Å². The van der Waals surface area contributed by atoms with Crippen LogP contribution in [0.2, 0.25) is 5.02 Å². The topological polar surface area (TPSA) is 84.5 Å². The number of rotatable bonds is 2. The lowest BCUT2D eigenvalue weighted by Crippen LogP contribution is -1.82. The Hall–Kier alpha value is -2.64. The Morgan fingerprint density at radius 2 is 1.60 bits per heavy atom. The maximum Gasteiger partial charge on any atom is 0.200 e. The first-order valence-corrected chi connectivity index (χ1v) is 6.01. The summed E-state index contributed by atoms with van der Waals surface area (Å²) in [6.45, 7) is 0. The fourth-order valence-corrected chi connectivity index (χ4v) is 1.81. The number of aromatic hydroxyl groups is 3. The van der Waals surface area contributed by atoms with Crippen LogP contribution in [0.15, 0.2) is 36.4 Å². The maximum atomic E-state index is 9.43. The van der Waals surface area contributed by atoms with Crippen molar-refractivity contribution in [3.8, 4) is 23.3 Å². The van der Waals surface area contributed by atoms with Crippen LogP contribution in [0.25, 0.3) is 11.6 Å². The Balaban J connectivity index is 2.47. The first kappa shape index (κ1) is 13.8. The van der Waals surface area contributed by atoms with Gasteiger partial charge in [0.15, 0.2) is 17.2 Å². The molecule has 0 heterocycles. The quantitative estimate of drug-likeness (QED) is 0.448. The summed E-state index contributed by atoms with van der Waals surface area (Å²) in [6, 6.07) is 11.2. The van der Waals surface area contributed by atoms with Gasteiger partial charge in [-0.3, -0.25) is 0 Å². The van der Waals surface area contributed by atoms with Crippen LogP contribution in [-0.2, 0) is 0 Å². The summed E-state index contributed by atoms with van der Waals surface area (Å²) < 4.78 is 0. The van der Waals surface area contributed by atoms with Crippen LogP contribution in [0.1, 0.15) is 11.1 Å². The van der Waals surface area contributed by atoms with E-state index in [9.17, 15) is 20.6 Å². The van der Waals surface area contributed by atoms with Crippen molar-refractivity contribution in [1.82, 2.24) is 0 Å². The molecule has 0 fully saturated rings. The molecule has 0 aliphatic carbocycles. The minimum Gasteiger partial charge on any atom is -0.504 e. The average molecular weight is 288 g/mol. The number of nitrogens with zero attached hydrogens (tertiary/aromatic N) is 1. The number of nitriles is 1. The number of phenolic OH excluding ortho intramolecular Hbond substituents is 3. The van der Waals surface area contributed by atoms with Crippen LogP contribution in [-0.4, -0.2) is 15.3 Å². The number of halogens is 1. The molecule has 2 rings (SSSR count). The van der Waals surface area contributed by atoms with Crippen molar-refractivity contribution in [3.05, 3.63) is 52.5 Å². The van der Waals surface area contributed by atoms with Gasteiger partial charge in [-0.05, 0) is 41.5 Å². The Bertz CT molecular complexity index is 692. The van der Waals surface area contributed by atoms with E-state index in [1.807, 2.05) is 6.07 Å². The van der Waals surface area contributed by atoms with E-state index in [1.54, 1.807) is 24.3 Å². The molecule has 0 radical (unpaired) electrons. The lowest BCUT2D eigenvalue weighted by Gasteiger charge is -2.04. The molecule has 0 saturated carbocycles. The van der Waals surface area contributed by atoms with Crippen molar-refractivity contribution in [2.45, 2.75) is 0 Å². The van der Waals surface area contributed by atoms with Gasteiger partial charge < -0.3 is 15.3 Å². The van der Waals surface area contributed by atoms with Crippen molar-refractivity contribution in [2.75, 3.05) is 0 Å². The second-order valence-corrected chi connectivity index (χ2v) is 4.52. The summed E-state index contributed by atoms with van der Waals surface area (Å²) in [5.74, 6) is -1.50. The molecule has 0 amide bonds. The molecule has 0 saturated heterocycles. The van der Waals surface area contributed by atoms with Crippen molar-refractivity contribution < 1.29 is 15.3 Å².